The van der Waals surface area contributed by atoms with Crippen molar-refractivity contribution >= 4 is 16.3 Å². The van der Waals surface area contributed by atoms with Gasteiger partial charge < -0.3 is 0 Å². The summed E-state index contributed by atoms with van der Waals surface area (Å²) in [7, 11) is 0. The molecule has 4 aromatic heterocycles. The zero-order valence-corrected chi connectivity index (χ0v) is 16.0. The van der Waals surface area contributed by atoms with Gasteiger partial charge in [-0.1, -0.05) is 47.7 Å². The molecule has 0 aliphatic rings. The van der Waals surface area contributed by atoms with E-state index in [1.807, 2.05) is 30.3 Å². The molecule has 0 bridgehead atoms. The third-order valence-electron chi connectivity index (χ3n) is 4.39. The average Bonchev–Trinajstić information content (AvgIpc) is 3.44. The number of hydrogen-bond acceptors (Lipinski definition) is 6. The molecule has 0 saturated carbocycles. The Bertz CT molecular complexity index is 1310. The minimum Gasteiger partial charge on any atom is -0.237 e. The first-order valence-electron chi connectivity index (χ1n) is 8.83. The quantitative estimate of drug-likeness (QED) is 0.433. The molecule has 5 aromatic rings. The third kappa shape index (κ3) is 3.22. The number of aromatic nitrogens is 7. The van der Waals surface area contributed by atoms with E-state index in [-0.39, 0.29) is 16.4 Å². The Morgan fingerprint density at radius 2 is 1.77 bits per heavy atom. The Morgan fingerprint density at radius 3 is 2.50 bits per heavy atom. The van der Waals surface area contributed by atoms with Crippen LogP contribution >= 0.6 is 11.3 Å². The summed E-state index contributed by atoms with van der Waals surface area (Å²) < 4.78 is 44.0. The summed E-state index contributed by atoms with van der Waals surface area (Å²) in [6.45, 7) is 0. The number of fused-ring (bicyclic) bond motifs is 1. The molecule has 0 aliphatic heterocycles. The molecule has 1 aromatic carbocycles. The minimum absolute atomic E-state index is 0.0730. The second kappa shape index (κ2) is 7.02. The van der Waals surface area contributed by atoms with Crippen molar-refractivity contribution in [3.05, 3.63) is 78.0 Å². The largest absolute Gasteiger partial charge is 0.434 e. The maximum absolute atomic E-state index is 13.9. The molecule has 0 atom stereocenters. The van der Waals surface area contributed by atoms with Gasteiger partial charge in [0.1, 0.15) is 0 Å². The zero-order chi connectivity index (χ0) is 20.7. The summed E-state index contributed by atoms with van der Waals surface area (Å²) in [5, 5.41) is 16.6. The van der Waals surface area contributed by atoms with Crippen molar-refractivity contribution in [3.63, 3.8) is 0 Å². The molecule has 0 unspecified atom stereocenters. The molecule has 0 spiro atoms. The summed E-state index contributed by atoms with van der Waals surface area (Å²) in [5.74, 6) is 0.619. The van der Waals surface area contributed by atoms with E-state index in [9.17, 15) is 13.2 Å². The highest BCUT2D eigenvalue weighted by molar-refractivity contribution is 7.19. The molecular weight excluding hydrogens is 415 g/mol. The molecule has 0 amide bonds. The lowest BCUT2D eigenvalue weighted by Crippen LogP contribution is -2.15. The molecule has 0 radical (unpaired) electrons. The van der Waals surface area contributed by atoms with E-state index >= 15 is 0 Å². The molecule has 0 saturated heterocycles. The van der Waals surface area contributed by atoms with Crippen molar-refractivity contribution in [2.24, 2.45) is 0 Å². The topological polar surface area (TPSA) is 73.8 Å². The van der Waals surface area contributed by atoms with Crippen LogP contribution in [0.1, 0.15) is 17.1 Å². The van der Waals surface area contributed by atoms with Crippen LogP contribution in [0.15, 0.2) is 60.9 Å². The van der Waals surface area contributed by atoms with Crippen LogP contribution in [0.3, 0.4) is 0 Å². The molecular formula is C19H12F3N7S. The van der Waals surface area contributed by atoms with Crippen molar-refractivity contribution < 1.29 is 13.2 Å². The van der Waals surface area contributed by atoms with Gasteiger partial charge in [0, 0.05) is 12.6 Å². The smallest absolute Gasteiger partial charge is 0.237 e. The Balaban J connectivity index is 1.60. The predicted molar refractivity (Wildman–Crippen MR) is 103 cm³/mol. The molecule has 0 fully saturated rings. The second-order valence-corrected chi connectivity index (χ2v) is 7.34. The molecule has 5 rings (SSSR count). The van der Waals surface area contributed by atoms with Gasteiger partial charge >= 0.3 is 6.18 Å². The fourth-order valence-corrected chi connectivity index (χ4v) is 3.95. The maximum atomic E-state index is 13.9. The fraction of sp³-hybridized carbons (Fsp3) is 0.105. The standard InChI is InChI=1S/C19H12F3N7S/c20-19(21,22)16-13(11-24-28(16)14-8-4-5-9-23-14)17-27-29-15(25-26-18(29)30-17)10-12-6-2-1-3-7-12/h1-9,11H,10H2. The van der Waals surface area contributed by atoms with Gasteiger partial charge in [0.2, 0.25) is 4.96 Å². The van der Waals surface area contributed by atoms with E-state index < -0.39 is 11.9 Å². The van der Waals surface area contributed by atoms with Crippen molar-refractivity contribution in [1.82, 2.24) is 34.6 Å². The fourth-order valence-electron chi connectivity index (χ4n) is 3.09. The molecule has 30 heavy (non-hydrogen) atoms. The Morgan fingerprint density at radius 1 is 0.967 bits per heavy atom. The van der Waals surface area contributed by atoms with Crippen LogP contribution in [0.25, 0.3) is 21.3 Å². The predicted octanol–water partition coefficient (Wildman–Crippen LogP) is 4.04. The van der Waals surface area contributed by atoms with Crippen molar-refractivity contribution in [2.75, 3.05) is 0 Å². The maximum Gasteiger partial charge on any atom is 0.434 e. The highest BCUT2D eigenvalue weighted by atomic mass is 32.1. The van der Waals surface area contributed by atoms with Gasteiger partial charge in [0.05, 0.1) is 11.8 Å². The first-order chi connectivity index (χ1) is 14.5. The molecule has 7 nitrogen and oxygen atoms in total. The van der Waals surface area contributed by atoms with Crippen molar-refractivity contribution in [3.8, 4) is 16.4 Å². The highest BCUT2D eigenvalue weighted by Gasteiger charge is 2.40. The van der Waals surface area contributed by atoms with Crippen molar-refractivity contribution in [2.45, 2.75) is 12.6 Å². The van der Waals surface area contributed by atoms with Crippen LogP contribution in [-0.2, 0) is 12.6 Å². The zero-order valence-electron chi connectivity index (χ0n) is 15.2. The van der Waals surface area contributed by atoms with Gasteiger partial charge in [-0.2, -0.15) is 27.9 Å². The van der Waals surface area contributed by atoms with Crippen LogP contribution in [0, 0.1) is 0 Å². The monoisotopic (exact) mass is 427 g/mol. The summed E-state index contributed by atoms with van der Waals surface area (Å²) in [5.41, 5.74) is -0.0645. The molecule has 0 N–H and O–H groups in total. The van der Waals surface area contributed by atoms with Crippen LogP contribution < -0.4 is 0 Å². The summed E-state index contributed by atoms with van der Waals surface area (Å²) in [4.78, 5) is 4.39. The number of benzene rings is 1. The summed E-state index contributed by atoms with van der Waals surface area (Å²) >= 11 is 1.03. The van der Waals surface area contributed by atoms with Crippen LogP contribution in [-0.4, -0.2) is 34.6 Å². The van der Waals surface area contributed by atoms with E-state index in [2.05, 4.69) is 25.4 Å². The number of nitrogens with zero attached hydrogens (tertiary/aromatic N) is 7. The normalized spacial score (nSPS) is 12.0. The molecule has 4 heterocycles. The lowest BCUT2D eigenvalue weighted by Gasteiger charge is -2.11. The third-order valence-corrected chi connectivity index (χ3v) is 5.33. The lowest BCUT2D eigenvalue weighted by atomic mass is 10.1. The second-order valence-electron chi connectivity index (χ2n) is 6.38. The summed E-state index contributed by atoms with van der Waals surface area (Å²) in [6, 6.07) is 14.3. The van der Waals surface area contributed by atoms with Crippen LogP contribution in [0.2, 0.25) is 0 Å². The Labute approximate surface area is 171 Å². The van der Waals surface area contributed by atoms with Gasteiger partial charge in [-0.25, -0.2) is 9.67 Å². The highest BCUT2D eigenvalue weighted by Crippen LogP contribution is 2.39. The molecule has 0 aliphatic carbocycles. The Hall–Kier alpha value is -3.60. The van der Waals surface area contributed by atoms with Gasteiger partial charge in [-0.05, 0) is 17.7 Å². The van der Waals surface area contributed by atoms with Gasteiger partial charge in [0.15, 0.2) is 22.3 Å². The first kappa shape index (κ1) is 18.4. The van der Waals surface area contributed by atoms with Crippen LogP contribution in [0.4, 0.5) is 13.2 Å². The first-order valence-corrected chi connectivity index (χ1v) is 9.64. The number of pyridine rings is 1. The average molecular weight is 427 g/mol. The minimum atomic E-state index is -4.65. The van der Waals surface area contributed by atoms with Crippen LogP contribution in [0.5, 0.6) is 0 Å². The number of rotatable bonds is 4. The van der Waals surface area contributed by atoms with Gasteiger partial charge in [-0.15, -0.1) is 10.2 Å². The molecule has 150 valence electrons. The SMILES string of the molecule is FC(F)(F)c1c(-c2nn3c(Cc4ccccc4)nnc3s2)cnn1-c1ccccn1. The number of hydrogen-bond donors (Lipinski definition) is 0. The van der Waals surface area contributed by atoms with Crippen molar-refractivity contribution in [1.29, 1.82) is 0 Å². The van der Waals surface area contributed by atoms with E-state index in [0.717, 1.165) is 27.8 Å². The summed E-state index contributed by atoms with van der Waals surface area (Å²) in [6.07, 6.45) is -1.62. The van der Waals surface area contributed by atoms with E-state index in [1.165, 1.54) is 16.8 Å². The Kier molecular flexibility index (Phi) is 4.31. The van der Waals surface area contributed by atoms with Gasteiger partial charge in [0.25, 0.3) is 0 Å². The van der Waals surface area contributed by atoms with E-state index in [4.69, 9.17) is 0 Å². The number of halogens is 3. The van der Waals surface area contributed by atoms with E-state index in [1.54, 1.807) is 12.1 Å². The molecule has 11 heteroatoms. The van der Waals surface area contributed by atoms with Gasteiger partial charge in [-0.3, -0.25) is 0 Å². The lowest BCUT2D eigenvalue weighted by molar-refractivity contribution is -0.142. The number of alkyl halides is 3. The van der Waals surface area contributed by atoms with E-state index in [0.29, 0.717) is 17.2 Å².